The maximum atomic E-state index is 11.4. The fraction of sp³-hybridized carbons (Fsp3) is 0.917. The Hall–Kier alpha value is -0.610. The number of aliphatic hydroxyl groups is 1. The van der Waals surface area contributed by atoms with Crippen LogP contribution in [0.15, 0.2) is 0 Å². The maximum Gasteiger partial charge on any atom is 0.246 e. The second-order valence-electron chi connectivity index (χ2n) is 4.19. The van der Waals surface area contributed by atoms with Crippen LogP contribution in [-0.4, -0.2) is 37.4 Å². The van der Waals surface area contributed by atoms with Crippen LogP contribution < -0.4 is 5.32 Å². The summed E-state index contributed by atoms with van der Waals surface area (Å²) >= 11 is 0. The molecule has 0 aromatic rings. The van der Waals surface area contributed by atoms with E-state index in [0.29, 0.717) is 13.2 Å². The van der Waals surface area contributed by atoms with Gasteiger partial charge in [-0.05, 0) is 19.3 Å². The standard InChI is InChI=1S/C12H25NO3/c1-4-7-16-8-11(15)13-9-12(5-2,6-3)10-14/h14H,4-10H2,1-3H3,(H,13,15). The Morgan fingerprint density at radius 3 is 2.38 bits per heavy atom. The predicted octanol–water partition coefficient (Wildman–Crippen LogP) is 1.33. The fourth-order valence-electron chi connectivity index (χ4n) is 1.43. The van der Waals surface area contributed by atoms with Crippen LogP contribution in [0.1, 0.15) is 40.0 Å². The van der Waals surface area contributed by atoms with E-state index in [1.807, 2.05) is 20.8 Å². The number of carbonyl (C=O) groups is 1. The van der Waals surface area contributed by atoms with Crippen LogP contribution >= 0.6 is 0 Å². The van der Waals surface area contributed by atoms with Crippen molar-refractivity contribution in [2.75, 3.05) is 26.4 Å². The maximum absolute atomic E-state index is 11.4. The van der Waals surface area contributed by atoms with Crippen molar-refractivity contribution in [3.63, 3.8) is 0 Å². The topological polar surface area (TPSA) is 58.6 Å². The van der Waals surface area contributed by atoms with Gasteiger partial charge in [-0.3, -0.25) is 4.79 Å². The second kappa shape index (κ2) is 8.53. The highest BCUT2D eigenvalue weighted by Crippen LogP contribution is 2.24. The highest BCUT2D eigenvalue weighted by Gasteiger charge is 2.25. The highest BCUT2D eigenvalue weighted by atomic mass is 16.5. The first-order chi connectivity index (χ1) is 7.64. The molecule has 96 valence electrons. The molecule has 0 fully saturated rings. The zero-order valence-corrected chi connectivity index (χ0v) is 10.7. The molecule has 0 saturated heterocycles. The number of carbonyl (C=O) groups excluding carboxylic acids is 1. The number of aliphatic hydroxyl groups excluding tert-OH is 1. The van der Waals surface area contributed by atoms with Gasteiger partial charge in [-0.2, -0.15) is 0 Å². The molecule has 0 bridgehead atoms. The lowest BCUT2D eigenvalue weighted by atomic mass is 9.83. The Balaban J connectivity index is 3.87. The molecule has 0 aliphatic heterocycles. The van der Waals surface area contributed by atoms with Crippen molar-refractivity contribution in [2.24, 2.45) is 5.41 Å². The Morgan fingerprint density at radius 1 is 1.31 bits per heavy atom. The van der Waals surface area contributed by atoms with E-state index in [1.165, 1.54) is 0 Å². The molecule has 0 saturated carbocycles. The summed E-state index contributed by atoms with van der Waals surface area (Å²) in [6, 6.07) is 0. The molecular weight excluding hydrogens is 206 g/mol. The van der Waals surface area contributed by atoms with E-state index in [9.17, 15) is 9.90 Å². The first-order valence-corrected chi connectivity index (χ1v) is 6.09. The third kappa shape index (κ3) is 5.47. The van der Waals surface area contributed by atoms with Gasteiger partial charge in [0.05, 0.1) is 6.61 Å². The van der Waals surface area contributed by atoms with E-state index >= 15 is 0 Å². The van der Waals surface area contributed by atoms with Crippen molar-refractivity contribution in [1.29, 1.82) is 0 Å². The molecule has 0 atom stereocenters. The van der Waals surface area contributed by atoms with E-state index in [1.54, 1.807) is 0 Å². The minimum Gasteiger partial charge on any atom is -0.396 e. The van der Waals surface area contributed by atoms with Crippen LogP contribution in [0.2, 0.25) is 0 Å². The number of amides is 1. The van der Waals surface area contributed by atoms with Gasteiger partial charge in [0, 0.05) is 18.6 Å². The van der Waals surface area contributed by atoms with Crippen LogP contribution in [0.4, 0.5) is 0 Å². The third-order valence-electron chi connectivity index (χ3n) is 3.08. The van der Waals surface area contributed by atoms with Gasteiger partial charge in [-0.25, -0.2) is 0 Å². The Kier molecular flexibility index (Phi) is 8.21. The van der Waals surface area contributed by atoms with Crippen molar-refractivity contribution in [3.05, 3.63) is 0 Å². The van der Waals surface area contributed by atoms with Crippen molar-refractivity contribution in [1.82, 2.24) is 5.32 Å². The fourth-order valence-corrected chi connectivity index (χ4v) is 1.43. The minimum absolute atomic E-state index is 0.104. The summed E-state index contributed by atoms with van der Waals surface area (Å²) in [7, 11) is 0. The molecule has 0 aliphatic rings. The van der Waals surface area contributed by atoms with Crippen molar-refractivity contribution in [3.8, 4) is 0 Å². The van der Waals surface area contributed by atoms with E-state index in [0.717, 1.165) is 19.3 Å². The number of nitrogens with one attached hydrogen (secondary N) is 1. The monoisotopic (exact) mass is 231 g/mol. The van der Waals surface area contributed by atoms with Gasteiger partial charge >= 0.3 is 0 Å². The molecule has 0 aromatic carbocycles. The van der Waals surface area contributed by atoms with E-state index in [-0.39, 0.29) is 24.5 Å². The van der Waals surface area contributed by atoms with Gasteiger partial charge in [0.1, 0.15) is 6.61 Å². The molecule has 0 aliphatic carbocycles. The molecule has 4 nitrogen and oxygen atoms in total. The van der Waals surface area contributed by atoms with E-state index < -0.39 is 0 Å². The molecule has 16 heavy (non-hydrogen) atoms. The number of hydrogen-bond acceptors (Lipinski definition) is 3. The van der Waals surface area contributed by atoms with Crippen LogP contribution in [0.25, 0.3) is 0 Å². The minimum atomic E-state index is -0.180. The summed E-state index contributed by atoms with van der Waals surface area (Å²) in [5.41, 5.74) is -0.180. The van der Waals surface area contributed by atoms with Gasteiger partial charge in [-0.1, -0.05) is 20.8 Å². The number of rotatable bonds is 9. The molecule has 2 N–H and O–H groups in total. The van der Waals surface area contributed by atoms with Crippen molar-refractivity contribution >= 4 is 5.91 Å². The summed E-state index contributed by atoms with van der Waals surface area (Å²) in [4.78, 5) is 11.4. The normalized spacial score (nSPS) is 11.5. The average molecular weight is 231 g/mol. The second-order valence-corrected chi connectivity index (χ2v) is 4.19. The van der Waals surface area contributed by atoms with Crippen LogP contribution in [0.5, 0.6) is 0 Å². The van der Waals surface area contributed by atoms with E-state index in [4.69, 9.17) is 4.74 Å². The molecule has 0 heterocycles. The first kappa shape index (κ1) is 15.4. The zero-order valence-electron chi connectivity index (χ0n) is 10.7. The van der Waals surface area contributed by atoms with Gasteiger partial charge in [0.25, 0.3) is 0 Å². The molecule has 0 radical (unpaired) electrons. The highest BCUT2D eigenvalue weighted by molar-refractivity contribution is 5.77. The summed E-state index contributed by atoms with van der Waals surface area (Å²) in [6.45, 7) is 7.41. The number of ether oxygens (including phenoxy) is 1. The summed E-state index contributed by atoms with van der Waals surface area (Å²) < 4.78 is 5.14. The van der Waals surface area contributed by atoms with Crippen LogP contribution in [0, 0.1) is 5.41 Å². The van der Waals surface area contributed by atoms with Crippen LogP contribution in [0.3, 0.4) is 0 Å². The zero-order chi connectivity index (χ0) is 12.4. The largest absolute Gasteiger partial charge is 0.396 e. The quantitative estimate of drug-likeness (QED) is 0.589. The summed E-state index contributed by atoms with van der Waals surface area (Å²) in [6.07, 6.45) is 2.63. The Bertz CT molecular complexity index is 182. The third-order valence-corrected chi connectivity index (χ3v) is 3.08. The lowest BCUT2D eigenvalue weighted by Gasteiger charge is -2.29. The molecule has 0 rings (SSSR count). The van der Waals surface area contributed by atoms with Crippen molar-refractivity contribution < 1.29 is 14.6 Å². The lowest BCUT2D eigenvalue weighted by molar-refractivity contribution is -0.126. The Labute approximate surface area is 98.4 Å². The molecule has 0 aromatic heterocycles. The molecule has 0 spiro atoms. The molecule has 0 unspecified atom stereocenters. The summed E-state index contributed by atoms with van der Waals surface area (Å²) in [5, 5.41) is 12.1. The summed E-state index contributed by atoms with van der Waals surface area (Å²) in [5.74, 6) is -0.104. The Morgan fingerprint density at radius 2 is 1.94 bits per heavy atom. The van der Waals surface area contributed by atoms with Gasteiger partial charge < -0.3 is 15.2 Å². The molecule has 1 amide bonds. The van der Waals surface area contributed by atoms with Gasteiger partial charge in [0.2, 0.25) is 5.91 Å². The smallest absolute Gasteiger partial charge is 0.246 e. The van der Waals surface area contributed by atoms with Gasteiger partial charge in [0.15, 0.2) is 0 Å². The molecule has 4 heteroatoms. The number of hydrogen-bond donors (Lipinski definition) is 2. The molecular formula is C12H25NO3. The van der Waals surface area contributed by atoms with E-state index in [2.05, 4.69) is 5.32 Å². The lowest BCUT2D eigenvalue weighted by Crippen LogP contribution is -2.40. The van der Waals surface area contributed by atoms with Crippen molar-refractivity contribution in [2.45, 2.75) is 40.0 Å². The first-order valence-electron chi connectivity index (χ1n) is 6.09. The predicted molar refractivity (Wildman–Crippen MR) is 64.2 cm³/mol. The van der Waals surface area contributed by atoms with Crippen LogP contribution in [-0.2, 0) is 9.53 Å². The SMILES string of the molecule is CCCOCC(=O)NCC(CC)(CC)CO. The van der Waals surface area contributed by atoms with Gasteiger partial charge in [-0.15, -0.1) is 0 Å². The average Bonchev–Trinajstić information content (AvgIpc) is 2.32.